The second-order valence-electron chi connectivity index (χ2n) is 5.88. The molecule has 20 heavy (non-hydrogen) atoms. The van der Waals surface area contributed by atoms with Gasteiger partial charge in [0.25, 0.3) is 0 Å². The monoisotopic (exact) mass is 275 g/mol. The van der Waals surface area contributed by atoms with E-state index in [4.69, 9.17) is 14.7 Å². The van der Waals surface area contributed by atoms with Crippen molar-refractivity contribution >= 4 is 5.82 Å². The second-order valence-corrected chi connectivity index (χ2v) is 5.88. The van der Waals surface area contributed by atoms with Crippen molar-refractivity contribution in [2.24, 2.45) is 0 Å². The number of hydrogen-bond acceptors (Lipinski definition) is 4. The summed E-state index contributed by atoms with van der Waals surface area (Å²) in [5, 5.41) is 3.40. The van der Waals surface area contributed by atoms with E-state index in [2.05, 4.69) is 12.2 Å². The highest BCUT2D eigenvalue weighted by Crippen LogP contribution is 2.32. The summed E-state index contributed by atoms with van der Waals surface area (Å²) in [4.78, 5) is 9.73. The minimum Gasteiger partial charge on any atom is -0.376 e. The van der Waals surface area contributed by atoms with E-state index in [0.29, 0.717) is 12.5 Å². The van der Waals surface area contributed by atoms with Crippen LogP contribution in [-0.2, 0) is 17.8 Å². The van der Waals surface area contributed by atoms with Gasteiger partial charge in [0.1, 0.15) is 11.6 Å². The van der Waals surface area contributed by atoms with Crippen LogP contribution in [0.3, 0.4) is 0 Å². The summed E-state index contributed by atoms with van der Waals surface area (Å²) in [5.41, 5.74) is 2.39. The molecule has 1 saturated carbocycles. The average molecular weight is 275 g/mol. The zero-order valence-corrected chi connectivity index (χ0v) is 12.5. The molecule has 0 bridgehead atoms. The summed E-state index contributed by atoms with van der Waals surface area (Å²) in [6.45, 7) is 4.46. The van der Waals surface area contributed by atoms with Gasteiger partial charge in [0, 0.05) is 24.4 Å². The van der Waals surface area contributed by atoms with Gasteiger partial charge in [0.2, 0.25) is 0 Å². The Balaban J connectivity index is 1.91. The van der Waals surface area contributed by atoms with E-state index < -0.39 is 0 Å². The third-order valence-corrected chi connectivity index (χ3v) is 4.40. The molecular weight excluding hydrogens is 250 g/mol. The minimum atomic E-state index is 0.558. The van der Waals surface area contributed by atoms with E-state index in [9.17, 15) is 0 Å². The molecule has 1 aliphatic heterocycles. The van der Waals surface area contributed by atoms with Gasteiger partial charge >= 0.3 is 0 Å². The molecule has 1 N–H and O–H groups in total. The van der Waals surface area contributed by atoms with E-state index in [0.717, 1.165) is 31.2 Å². The summed E-state index contributed by atoms with van der Waals surface area (Å²) in [5.74, 6) is 2.64. The van der Waals surface area contributed by atoms with Crippen molar-refractivity contribution in [3.63, 3.8) is 0 Å². The summed E-state index contributed by atoms with van der Waals surface area (Å²) >= 11 is 0. The van der Waals surface area contributed by atoms with Crippen molar-refractivity contribution in [2.75, 3.05) is 18.5 Å². The Bertz CT molecular complexity index is 453. The van der Waals surface area contributed by atoms with Crippen LogP contribution in [0.4, 0.5) is 5.82 Å². The molecule has 110 valence electrons. The number of fused-ring (bicyclic) bond motifs is 1. The molecule has 0 radical (unpaired) electrons. The van der Waals surface area contributed by atoms with Gasteiger partial charge in [-0.25, -0.2) is 9.97 Å². The topological polar surface area (TPSA) is 47.0 Å². The molecule has 4 nitrogen and oxygen atoms in total. The number of hydrogen-bond donors (Lipinski definition) is 1. The molecule has 1 aromatic rings. The van der Waals surface area contributed by atoms with Crippen LogP contribution in [-0.4, -0.2) is 23.1 Å². The van der Waals surface area contributed by atoms with E-state index in [1.54, 1.807) is 0 Å². The van der Waals surface area contributed by atoms with Crippen molar-refractivity contribution in [1.82, 2.24) is 9.97 Å². The first-order valence-electron chi connectivity index (χ1n) is 8.09. The summed E-state index contributed by atoms with van der Waals surface area (Å²) < 4.78 is 5.57. The molecule has 1 aliphatic carbocycles. The van der Waals surface area contributed by atoms with Gasteiger partial charge in [-0.2, -0.15) is 0 Å². The summed E-state index contributed by atoms with van der Waals surface area (Å²) in [6.07, 6.45) is 8.82. The molecule has 0 amide bonds. The number of anilines is 1. The zero-order valence-electron chi connectivity index (χ0n) is 12.5. The van der Waals surface area contributed by atoms with Crippen molar-refractivity contribution in [2.45, 2.75) is 64.4 Å². The highest BCUT2D eigenvalue weighted by atomic mass is 16.5. The Hall–Kier alpha value is -1.16. The molecule has 0 saturated heterocycles. The predicted octanol–water partition coefficient (Wildman–Crippen LogP) is 3.42. The normalized spacial score (nSPS) is 20.2. The maximum Gasteiger partial charge on any atom is 0.135 e. The molecule has 1 aromatic heterocycles. The number of rotatable bonds is 3. The van der Waals surface area contributed by atoms with Gasteiger partial charge in [-0.1, -0.05) is 25.7 Å². The van der Waals surface area contributed by atoms with Crippen LogP contribution in [0.5, 0.6) is 0 Å². The smallest absolute Gasteiger partial charge is 0.135 e. The van der Waals surface area contributed by atoms with Crippen LogP contribution in [0.25, 0.3) is 0 Å². The third-order valence-electron chi connectivity index (χ3n) is 4.40. The Kier molecular flexibility index (Phi) is 4.51. The molecule has 4 heteroatoms. The molecule has 2 heterocycles. The van der Waals surface area contributed by atoms with Crippen LogP contribution in [0, 0.1) is 0 Å². The Morgan fingerprint density at radius 1 is 1.15 bits per heavy atom. The largest absolute Gasteiger partial charge is 0.376 e. The van der Waals surface area contributed by atoms with Crippen LogP contribution in [0.2, 0.25) is 0 Å². The van der Waals surface area contributed by atoms with E-state index in [1.165, 1.54) is 49.8 Å². The van der Waals surface area contributed by atoms with Crippen LogP contribution in [0.15, 0.2) is 0 Å². The maximum absolute atomic E-state index is 5.57. The molecule has 0 unspecified atom stereocenters. The SMILES string of the molecule is CCNc1nc(C2CCCCCC2)nc2c1COCC2. The summed E-state index contributed by atoms with van der Waals surface area (Å²) in [7, 11) is 0. The van der Waals surface area contributed by atoms with E-state index in [1.807, 2.05) is 0 Å². The van der Waals surface area contributed by atoms with Crippen molar-refractivity contribution in [1.29, 1.82) is 0 Å². The van der Waals surface area contributed by atoms with Crippen LogP contribution >= 0.6 is 0 Å². The molecule has 3 rings (SSSR count). The quantitative estimate of drug-likeness (QED) is 0.859. The lowest BCUT2D eigenvalue weighted by atomic mass is 9.98. The Morgan fingerprint density at radius 3 is 2.70 bits per heavy atom. The molecule has 1 fully saturated rings. The predicted molar refractivity (Wildman–Crippen MR) is 80.0 cm³/mol. The lowest BCUT2D eigenvalue weighted by Crippen LogP contribution is -2.19. The second kappa shape index (κ2) is 6.53. The molecule has 0 aromatic carbocycles. The standard InChI is InChI=1S/C16H25N3O/c1-2-17-16-13-11-20-10-9-14(13)18-15(19-16)12-7-5-3-4-6-8-12/h12H,2-11H2,1H3,(H,17,18,19). The first kappa shape index (κ1) is 13.8. The lowest BCUT2D eigenvalue weighted by Gasteiger charge is -2.22. The van der Waals surface area contributed by atoms with Crippen molar-refractivity contribution in [3.8, 4) is 0 Å². The minimum absolute atomic E-state index is 0.558. The van der Waals surface area contributed by atoms with Crippen molar-refractivity contribution < 1.29 is 4.74 Å². The van der Waals surface area contributed by atoms with Gasteiger partial charge in [-0.15, -0.1) is 0 Å². The van der Waals surface area contributed by atoms with Crippen molar-refractivity contribution in [3.05, 3.63) is 17.1 Å². The number of nitrogens with zero attached hydrogens (tertiary/aromatic N) is 2. The number of aromatic nitrogens is 2. The Morgan fingerprint density at radius 2 is 1.95 bits per heavy atom. The highest BCUT2D eigenvalue weighted by molar-refractivity contribution is 5.47. The molecular formula is C16H25N3O. The molecule has 2 aliphatic rings. The fourth-order valence-electron chi connectivity index (χ4n) is 3.28. The fraction of sp³-hybridized carbons (Fsp3) is 0.750. The summed E-state index contributed by atoms with van der Waals surface area (Å²) in [6, 6.07) is 0. The van der Waals surface area contributed by atoms with E-state index in [-0.39, 0.29) is 0 Å². The zero-order chi connectivity index (χ0) is 13.8. The van der Waals surface area contributed by atoms with Gasteiger partial charge in [-0.05, 0) is 19.8 Å². The maximum atomic E-state index is 5.57. The van der Waals surface area contributed by atoms with Gasteiger partial charge in [0.15, 0.2) is 0 Å². The average Bonchev–Trinajstić information content (AvgIpc) is 2.76. The van der Waals surface area contributed by atoms with Crippen LogP contribution in [0.1, 0.15) is 68.4 Å². The van der Waals surface area contributed by atoms with E-state index >= 15 is 0 Å². The lowest BCUT2D eigenvalue weighted by molar-refractivity contribution is 0.109. The van der Waals surface area contributed by atoms with Gasteiger partial charge < -0.3 is 10.1 Å². The first-order valence-corrected chi connectivity index (χ1v) is 8.09. The first-order chi connectivity index (χ1) is 9.88. The number of nitrogens with one attached hydrogen (secondary N) is 1. The third kappa shape index (κ3) is 2.95. The fourth-order valence-corrected chi connectivity index (χ4v) is 3.28. The van der Waals surface area contributed by atoms with Gasteiger partial charge in [-0.3, -0.25) is 0 Å². The Labute approximate surface area is 121 Å². The molecule has 0 spiro atoms. The van der Waals surface area contributed by atoms with Gasteiger partial charge in [0.05, 0.1) is 18.9 Å². The van der Waals surface area contributed by atoms with Crippen LogP contribution < -0.4 is 5.32 Å². The molecule has 0 atom stereocenters. The highest BCUT2D eigenvalue weighted by Gasteiger charge is 2.22. The number of ether oxygens (including phenoxy) is 1.